The fourth-order valence-electron chi connectivity index (χ4n) is 5.53. The van der Waals surface area contributed by atoms with Gasteiger partial charge in [-0.25, -0.2) is 4.79 Å². The molecule has 12 heteroatoms. The first-order valence-electron chi connectivity index (χ1n) is 13.5. The monoisotopic (exact) mass is 542 g/mol. The molecule has 3 saturated heterocycles. The number of piperazine rings is 1. The van der Waals surface area contributed by atoms with Crippen LogP contribution >= 0.6 is 0 Å². The van der Waals surface area contributed by atoms with E-state index in [4.69, 9.17) is 4.84 Å². The number of nitrogens with zero attached hydrogens (tertiary/aromatic N) is 4. The Kier molecular flexibility index (Phi) is 8.95. The number of hydrogen-bond acceptors (Lipinski definition) is 8. The highest BCUT2D eigenvalue weighted by Gasteiger charge is 2.53. The van der Waals surface area contributed by atoms with Gasteiger partial charge in [-0.15, -0.1) is 5.06 Å². The topological polar surface area (TPSA) is 146 Å². The zero-order valence-electron chi connectivity index (χ0n) is 22.3. The molecule has 2 unspecified atom stereocenters. The van der Waals surface area contributed by atoms with Crippen molar-refractivity contribution in [1.82, 2.24) is 15.3 Å². The normalized spacial score (nSPS) is 23.6. The number of fused-ring (bicyclic) bond motifs is 2. The molecule has 1 aromatic rings. The first-order chi connectivity index (χ1) is 18.7. The second-order valence-corrected chi connectivity index (χ2v) is 10.5. The molecule has 0 saturated carbocycles. The summed E-state index contributed by atoms with van der Waals surface area (Å²) in [6.07, 6.45) is 4.12. The second kappa shape index (κ2) is 12.4. The molecular formula is C27H36N5O7+. The summed E-state index contributed by atoms with van der Waals surface area (Å²) in [4.78, 5) is 67.2. The van der Waals surface area contributed by atoms with Crippen molar-refractivity contribution in [3.8, 4) is 0 Å². The summed E-state index contributed by atoms with van der Waals surface area (Å²) < 4.78 is 0.490. The van der Waals surface area contributed by atoms with Crippen molar-refractivity contribution in [3.05, 3.63) is 35.4 Å². The van der Waals surface area contributed by atoms with E-state index in [1.54, 1.807) is 12.1 Å². The van der Waals surface area contributed by atoms with Gasteiger partial charge in [0.2, 0.25) is 0 Å². The summed E-state index contributed by atoms with van der Waals surface area (Å²) >= 11 is 0. The maximum atomic E-state index is 13.0. The van der Waals surface area contributed by atoms with Crippen molar-refractivity contribution in [2.24, 2.45) is 5.16 Å². The van der Waals surface area contributed by atoms with E-state index in [1.807, 2.05) is 17.0 Å². The van der Waals surface area contributed by atoms with Gasteiger partial charge in [0, 0.05) is 37.1 Å². The molecule has 0 aromatic heterocycles. The average Bonchev–Trinajstić information content (AvgIpc) is 3.39. The van der Waals surface area contributed by atoms with E-state index in [2.05, 4.69) is 17.4 Å². The van der Waals surface area contributed by atoms with Crippen molar-refractivity contribution in [2.45, 2.75) is 64.5 Å². The molecule has 3 fully saturated rings. The molecule has 1 aromatic carbocycles. The number of benzene rings is 1. The third-order valence-electron chi connectivity index (χ3n) is 7.54. The molecule has 0 aliphatic carbocycles. The first-order valence-corrected chi connectivity index (χ1v) is 13.5. The molecule has 3 heterocycles. The third kappa shape index (κ3) is 6.62. The van der Waals surface area contributed by atoms with Crippen LogP contribution in [0.5, 0.6) is 0 Å². The minimum absolute atomic E-state index is 0.0165. The van der Waals surface area contributed by atoms with E-state index < -0.39 is 17.8 Å². The van der Waals surface area contributed by atoms with Crippen LogP contribution in [0.1, 0.15) is 67.8 Å². The van der Waals surface area contributed by atoms with Gasteiger partial charge in [0.25, 0.3) is 23.6 Å². The summed E-state index contributed by atoms with van der Waals surface area (Å²) in [5, 5.41) is 16.3. The molecule has 4 amide bonds. The lowest BCUT2D eigenvalue weighted by Crippen LogP contribution is -2.60. The number of imide groups is 1. The Morgan fingerprint density at radius 1 is 1.05 bits per heavy atom. The Morgan fingerprint density at radius 3 is 2.44 bits per heavy atom. The van der Waals surface area contributed by atoms with Crippen LogP contribution in [0.3, 0.4) is 0 Å². The van der Waals surface area contributed by atoms with Crippen LogP contribution in [0, 0.1) is 0 Å². The molecule has 0 spiro atoms. The summed E-state index contributed by atoms with van der Waals surface area (Å²) in [7, 11) is 0. The molecule has 3 aliphatic rings. The molecule has 3 aliphatic heterocycles. The van der Waals surface area contributed by atoms with Gasteiger partial charge in [0.15, 0.2) is 6.54 Å². The van der Waals surface area contributed by atoms with Crippen LogP contribution < -0.4 is 5.32 Å². The Morgan fingerprint density at radius 2 is 1.77 bits per heavy atom. The molecule has 2 bridgehead atoms. The molecule has 2 atom stereocenters. The maximum absolute atomic E-state index is 13.0. The SMILES string of the molecule is CCCCCCN1C(=O)C[N+]2(Cc3ccc(C(=O)NCCC(=O)ON4C(=O)CCC4=O)cc3)C/C(=N\O)C1C2. The van der Waals surface area contributed by atoms with Crippen molar-refractivity contribution >= 4 is 35.3 Å². The molecule has 4 rings (SSSR count). The average molecular weight is 543 g/mol. The fraction of sp³-hybridized carbons (Fsp3) is 0.556. The fourth-order valence-corrected chi connectivity index (χ4v) is 5.53. The van der Waals surface area contributed by atoms with E-state index in [0.29, 0.717) is 53.5 Å². The largest absolute Gasteiger partial charge is 0.411 e. The van der Waals surface area contributed by atoms with Gasteiger partial charge >= 0.3 is 5.97 Å². The minimum Gasteiger partial charge on any atom is -0.411 e. The van der Waals surface area contributed by atoms with Crippen molar-refractivity contribution in [1.29, 1.82) is 0 Å². The van der Waals surface area contributed by atoms with Gasteiger partial charge in [-0.3, -0.25) is 19.2 Å². The number of oxime groups is 1. The highest BCUT2D eigenvalue weighted by atomic mass is 16.7. The van der Waals surface area contributed by atoms with Crippen LogP contribution in [0.25, 0.3) is 0 Å². The third-order valence-corrected chi connectivity index (χ3v) is 7.54. The van der Waals surface area contributed by atoms with Crippen LogP contribution in [0.2, 0.25) is 0 Å². The van der Waals surface area contributed by atoms with Crippen LogP contribution in [0.15, 0.2) is 29.4 Å². The number of unbranched alkanes of at least 4 members (excludes halogenated alkanes) is 3. The predicted molar refractivity (Wildman–Crippen MR) is 138 cm³/mol. The minimum atomic E-state index is -0.784. The van der Waals surface area contributed by atoms with Crippen molar-refractivity contribution < 1.29 is 38.5 Å². The zero-order chi connectivity index (χ0) is 28.0. The molecule has 12 nitrogen and oxygen atoms in total. The Hall–Kier alpha value is -3.80. The van der Waals surface area contributed by atoms with Gasteiger partial charge in [-0.2, -0.15) is 0 Å². The summed E-state index contributed by atoms with van der Waals surface area (Å²) in [5.41, 5.74) is 2.00. The number of hydrogen-bond donors (Lipinski definition) is 2. The Bertz CT molecular complexity index is 1140. The lowest BCUT2D eigenvalue weighted by atomic mass is 10.1. The molecule has 2 N–H and O–H groups in total. The van der Waals surface area contributed by atoms with E-state index in [1.165, 1.54) is 0 Å². The molecule has 39 heavy (non-hydrogen) atoms. The Labute approximate surface area is 227 Å². The highest BCUT2D eigenvalue weighted by molar-refractivity contribution is 6.01. The van der Waals surface area contributed by atoms with Gasteiger partial charge < -0.3 is 24.7 Å². The molecular weight excluding hydrogens is 506 g/mol. The lowest BCUT2D eigenvalue weighted by molar-refractivity contribution is -0.922. The van der Waals surface area contributed by atoms with Crippen LogP contribution in [0.4, 0.5) is 0 Å². The number of hydroxylamine groups is 2. The van der Waals surface area contributed by atoms with Crippen LogP contribution in [-0.2, 0) is 30.6 Å². The van der Waals surface area contributed by atoms with Gasteiger partial charge in [0.1, 0.15) is 31.4 Å². The van der Waals surface area contributed by atoms with Crippen molar-refractivity contribution in [3.63, 3.8) is 0 Å². The molecule has 0 radical (unpaired) electrons. The lowest BCUT2D eigenvalue weighted by Gasteiger charge is -2.40. The second-order valence-electron chi connectivity index (χ2n) is 10.5. The zero-order valence-corrected chi connectivity index (χ0v) is 22.3. The van der Waals surface area contributed by atoms with E-state index >= 15 is 0 Å². The number of carbonyl (C=O) groups excluding carboxylic acids is 5. The van der Waals surface area contributed by atoms with E-state index in [9.17, 15) is 29.2 Å². The summed E-state index contributed by atoms with van der Waals surface area (Å²) in [6, 6.07) is 6.86. The number of carbonyl (C=O) groups is 5. The van der Waals surface area contributed by atoms with Gasteiger partial charge in [-0.1, -0.05) is 43.5 Å². The van der Waals surface area contributed by atoms with E-state index in [0.717, 1.165) is 31.2 Å². The van der Waals surface area contributed by atoms with Crippen LogP contribution in [-0.4, -0.2) is 93.7 Å². The highest BCUT2D eigenvalue weighted by Crippen LogP contribution is 2.31. The predicted octanol–water partition coefficient (Wildman–Crippen LogP) is 1.37. The van der Waals surface area contributed by atoms with Gasteiger partial charge in [0.05, 0.1) is 6.42 Å². The maximum Gasteiger partial charge on any atom is 0.334 e. The number of quaternary nitrogens is 1. The standard InChI is InChI=1S/C27H35N5O7/c1-2-3-4-5-14-30-22-17-32(18-25(30)35,16-21(22)29-38)15-19-6-8-20(9-7-19)27(37)28-13-12-26(36)39-31-23(33)10-11-24(31)34/h6-9,22H,2-5,10-18H2,1H3,(H-,28,37,38)/p+1/b29-21+. The van der Waals surface area contributed by atoms with Crippen molar-refractivity contribution in [2.75, 3.05) is 32.7 Å². The summed E-state index contributed by atoms with van der Waals surface area (Å²) in [5.74, 6) is -2.19. The first kappa shape index (κ1) is 28.2. The van der Waals surface area contributed by atoms with Gasteiger partial charge in [-0.05, 0) is 18.6 Å². The number of rotatable bonds is 12. The quantitative estimate of drug-likeness (QED) is 0.133. The number of nitrogens with one attached hydrogen (secondary N) is 1. The Balaban J connectivity index is 1.28. The number of amides is 4. The van der Waals surface area contributed by atoms with E-state index in [-0.39, 0.29) is 43.7 Å². The smallest absolute Gasteiger partial charge is 0.334 e. The summed E-state index contributed by atoms with van der Waals surface area (Å²) in [6.45, 7) is 4.94. The molecule has 210 valence electrons.